The summed E-state index contributed by atoms with van der Waals surface area (Å²) in [7, 11) is -3.71. The molecular weight excluding hydrogens is 398 g/mol. The molecule has 0 spiro atoms. The first-order chi connectivity index (χ1) is 13.8. The molecule has 0 heterocycles. The Morgan fingerprint density at radius 3 is 2.24 bits per heavy atom. The summed E-state index contributed by atoms with van der Waals surface area (Å²) >= 11 is 0. The van der Waals surface area contributed by atoms with Crippen LogP contribution in [0.2, 0.25) is 0 Å². The van der Waals surface area contributed by atoms with Crippen LogP contribution in [-0.4, -0.2) is 39.4 Å². The van der Waals surface area contributed by atoms with Crippen molar-refractivity contribution in [2.75, 3.05) is 23.8 Å². The molecule has 0 aliphatic rings. The van der Waals surface area contributed by atoms with Gasteiger partial charge < -0.3 is 15.4 Å². The number of rotatable bonds is 9. The summed E-state index contributed by atoms with van der Waals surface area (Å²) in [6.07, 6.45) is -0.225. The van der Waals surface area contributed by atoms with Crippen molar-refractivity contribution >= 4 is 39.2 Å². The fourth-order valence-electron chi connectivity index (χ4n) is 2.26. The predicted molar refractivity (Wildman–Crippen MR) is 107 cm³/mol. The van der Waals surface area contributed by atoms with Gasteiger partial charge in [0.05, 0.1) is 11.3 Å². The zero-order valence-corrected chi connectivity index (χ0v) is 16.5. The van der Waals surface area contributed by atoms with Crippen molar-refractivity contribution in [2.24, 2.45) is 0 Å². The van der Waals surface area contributed by atoms with Gasteiger partial charge in [-0.15, -0.1) is 0 Å². The number of carbonyl (C=O) groups excluding carboxylic acids is 3. The van der Waals surface area contributed by atoms with Crippen LogP contribution < -0.4 is 15.4 Å². The second-order valence-electron chi connectivity index (χ2n) is 5.93. The zero-order chi connectivity index (χ0) is 21.3. The third-order valence-electron chi connectivity index (χ3n) is 3.51. The van der Waals surface area contributed by atoms with Crippen LogP contribution in [0.15, 0.2) is 59.5 Å². The molecule has 2 rings (SSSR count). The van der Waals surface area contributed by atoms with Crippen molar-refractivity contribution in [2.45, 2.75) is 18.2 Å². The molecule has 2 aromatic carbocycles. The van der Waals surface area contributed by atoms with Crippen molar-refractivity contribution in [3.8, 4) is 0 Å². The maximum atomic E-state index is 12.0. The minimum atomic E-state index is -3.71. The van der Waals surface area contributed by atoms with Crippen molar-refractivity contribution in [3.05, 3.63) is 54.6 Å². The van der Waals surface area contributed by atoms with Gasteiger partial charge in [-0.2, -0.15) is 0 Å². The average Bonchev–Trinajstić information content (AvgIpc) is 2.67. The van der Waals surface area contributed by atoms with Crippen LogP contribution in [0.5, 0.6) is 0 Å². The number of ether oxygens (including phenoxy) is 1. The second-order valence-corrected chi connectivity index (χ2v) is 7.70. The number of sulfonamides is 1. The van der Waals surface area contributed by atoms with Gasteiger partial charge in [-0.1, -0.05) is 24.3 Å². The van der Waals surface area contributed by atoms with E-state index in [0.29, 0.717) is 11.4 Å². The number of esters is 1. The molecule has 0 unspecified atom stereocenters. The Bertz CT molecular complexity index is 976. The zero-order valence-electron chi connectivity index (χ0n) is 15.7. The quantitative estimate of drug-likeness (QED) is 0.528. The number of amides is 2. The third kappa shape index (κ3) is 7.72. The fourth-order valence-corrected chi connectivity index (χ4v) is 3.32. The largest absolute Gasteiger partial charge is 0.456 e. The summed E-state index contributed by atoms with van der Waals surface area (Å²) in [6.45, 7) is 0.690. The number of benzene rings is 2. The van der Waals surface area contributed by atoms with Crippen LogP contribution in [0.25, 0.3) is 0 Å². The van der Waals surface area contributed by atoms with E-state index in [1.807, 2.05) is 0 Å². The molecule has 0 aromatic heterocycles. The Hall–Kier alpha value is -3.24. The van der Waals surface area contributed by atoms with Crippen LogP contribution in [0.4, 0.5) is 11.4 Å². The SMILES string of the molecule is CC(=O)Nc1cccc(NC(=O)COC(=O)CCNS(=O)(=O)c2ccccc2)c1. The van der Waals surface area contributed by atoms with E-state index in [9.17, 15) is 22.8 Å². The maximum absolute atomic E-state index is 12.0. The topological polar surface area (TPSA) is 131 Å². The molecule has 0 saturated carbocycles. The number of hydrogen-bond donors (Lipinski definition) is 3. The van der Waals surface area contributed by atoms with Crippen molar-refractivity contribution < 1.29 is 27.5 Å². The van der Waals surface area contributed by atoms with E-state index in [2.05, 4.69) is 15.4 Å². The molecule has 0 radical (unpaired) electrons. The second kappa shape index (κ2) is 10.3. The van der Waals surface area contributed by atoms with Crippen LogP contribution in [0.1, 0.15) is 13.3 Å². The highest BCUT2D eigenvalue weighted by Crippen LogP contribution is 2.15. The van der Waals surface area contributed by atoms with Gasteiger partial charge in [0.1, 0.15) is 0 Å². The first-order valence-electron chi connectivity index (χ1n) is 8.64. The number of nitrogens with one attached hydrogen (secondary N) is 3. The van der Waals surface area contributed by atoms with Crippen molar-refractivity contribution in [3.63, 3.8) is 0 Å². The normalized spacial score (nSPS) is 10.8. The highest BCUT2D eigenvalue weighted by molar-refractivity contribution is 7.89. The molecule has 0 fully saturated rings. The molecule has 29 heavy (non-hydrogen) atoms. The molecule has 3 N–H and O–H groups in total. The molecule has 0 bridgehead atoms. The molecular formula is C19H21N3O6S. The van der Waals surface area contributed by atoms with Gasteiger partial charge in [0.15, 0.2) is 6.61 Å². The van der Waals surface area contributed by atoms with E-state index >= 15 is 0 Å². The van der Waals surface area contributed by atoms with Gasteiger partial charge in [-0.3, -0.25) is 14.4 Å². The molecule has 0 atom stereocenters. The van der Waals surface area contributed by atoms with Crippen LogP contribution in [0, 0.1) is 0 Å². The lowest BCUT2D eigenvalue weighted by molar-refractivity contribution is -0.147. The van der Waals surface area contributed by atoms with E-state index in [4.69, 9.17) is 4.74 Å². The van der Waals surface area contributed by atoms with Crippen molar-refractivity contribution in [1.82, 2.24) is 4.72 Å². The summed E-state index contributed by atoms with van der Waals surface area (Å²) in [5, 5.41) is 5.12. The number of hydrogen-bond acceptors (Lipinski definition) is 6. The van der Waals surface area contributed by atoms with E-state index in [1.165, 1.54) is 19.1 Å². The Balaban J connectivity index is 1.73. The summed E-state index contributed by atoms with van der Waals surface area (Å²) in [5.41, 5.74) is 0.936. The Morgan fingerprint density at radius 2 is 1.59 bits per heavy atom. The van der Waals surface area contributed by atoms with E-state index in [0.717, 1.165) is 0 Å². The van der Waals surface area contributed by atoms with Crippen molar-refractivity contribution in [1.29, 1.82) is 0 Å². The van der Waals surface area contributed by atoms with Gasteiger partial charge >= 0.3 is 5.97 Å². The molecule has 2 aromatic rings. The van der Waals surface area contributed by atoms with Gasteiger partial charge in [0.25, 0.3) is 5.91 Å². The van der Waals surface area contributed by atoms with E-state index < -0.39 is 28.5 Å². The smallest absolute Gasteiger partial charge is 0.307 e. The fraction of sp³-hybridized carbons (Fsp3) is 0.211. The third-order valence-corrected chi connectivity index (χ3v) is 4.98. The molecule has 0 aliphatic heterocycles. The lowest BCUT2D eigenvalue weighted by atomic mass is 10.2. The molecule has 154 valence electrons. The van der Waals surface area contributed by atoms with Gasteiger partial charge in [0, 0.05) is 24.8 Å². The molecule has 9 nitrogen and oxygen atoms in total. The summed E-state index contributed by atoms with van der Waals surface area (Å²) in [4.78, 5) is 34.7. The molecule has 0 saturated heterocycles. The van der Waals surface area contributed by atoms with Gasteiger partial charge in [0.2, 0.25) is 15.9 Å². The summed E-state index contributed by atoms with van der Waals surface area (Å²) in [5.74, 6) is -1.53. The number of anilines is 2. The highest BCUT2D eigenvalue weighted by atomic mass is 32.2. The lowest BCUT2D eigenvalue weighted by Gasteiger charge is -2.09. The first kappa shape index (κ1) is 22.1. The predicted octanol–water partition coefficient (Wildman–Crippen LogP) is 1.50. The lowest BCUT2D eigenvalue weighted by Crippen LogP contribution is -2.27. The summed E-state index contributed by atoms with van der Waals surface area (Å²) < 4.78 is 31.2. The van der Waals surface area contributed by atoms with Crippen LogP contribution in [0.3, 0.4) is 0 Å². The average molecular weight is 419 g/mol. The van der Waals surface area contributed by atoms with E-state index in [-0.39, 0.29) is 23.8 Å². The van der Waals surface area contributed by atoms with E-state index in [1.54, 1.807) is 42.5 Å². The number of carbonyl (C=O) groups is 3. The van der Waals surface area contributed by atoms with Gasteiger partial charge in [-0.05, 0) is 30.3 Å². The van der Waals surface area contributed by atoms with Crippen LogP contribution in [-0.2, 0) is 29.1 Å². The minimum Gasteiger partial charge on any atom is -0.456 e. The monoisotopic (exact) mass is 419 g/mol. The summed E-state index contributed by atoms with van der Waals surface area (Å²) in [6, 6.07) is 14.2. The molecule has 2 amide bonds. The van der Waals surface area contributed by atoms with Crippen LogP contribution >= 0.6 is 0 Å². The maximum Gasteiger partial charge on any atom is 0.307 e. The Morgan fingerprint density at radius 1 is 0.931 bits per heavy atom. The molecule has 10 heteroatoms. The highest BCUT2D eigenvalue weighted by Gasteiger charge is 2.14. The first-order valence-corrected chi connectivity index (χ1v) is 10.1. The Kier molecular flexibility index (Phi) is 7.87. The minimum absolute atomic E-state index is 0.0919. The standard InChI is InChI=1S/C19H21N3O6S/c1-14(23)21-15-6-5-7-16(12-15)22-18(24)13-28-19(25)10-11-20-29(26,27)17-8-3-2-4-9-17/h2-9,12,20H,10-11,13H2,1H3,(H,21,23)(H,22,24). The Labute approximate surface area is 168 Å². The van der Waals surface area contributed by atoms with Gasteiger partial charge in [-0.25, -0.2) is 13.1 Å². The molecule has 0 aliphatic carbocycles.